The number of benzene rings is 1. The molecule has 1 aliphatic rings. The van der Waals surface area contributed by atoms with Gasteiger partial charge in [0.1, 0.15) is 5.82 Å². The van der Waals surface area contributed by atoms with Crippen molar-refractivity contribution in [3.63, 3.8) is 0 Å². The average Bonchev–Trinajstić information content (AvgIpc) is 2.72. The van der Waals surface area contributed by atoms with Crippen LogP contribution in [0.15, 0.2) is 18.2 Å². The van der Waals surface area contributed by atoms with Crippen molar-refractivity contribution in [1.82, 2.24) is 5.32 Å². The molecule has 0 bridgehead atoms. The van der Waals surface area contributed by atoms with Crippen LogP contribution in [0.4, 0.5) is 4.39 Å². The van der Waals surface area contributed by atoms with Crippen LogP contribution < -0.4 is 5.32 Å². The first kappa shape index (κ1) is 15.5. The van der Waals surface area contributed by atoms with Gasteiger partial charge in [-0.1, -0.05) is 50.3 Å². The maximum atomic E-state index is 14.3. The van der Waals surface area contributed by atoms with E-state index in [1.807, 2.05) is 19.1 Å². The molecule has 0 saturated heterocycles. The lowest BCUT2D eigenvalue weighted by molar-refractivity contribution is 0.318. The van der Waals surface area contributed by atoms with Gasteiger partial charge >= 0.3 is 0 Å². The number of hydrogen-bond acceptors (Lipinski definition) is 1. The predicted octanol–water partition coefficient (Wildman–Crippen LogP) is 5.15. The van der Waals surface area contributed by atoms with Crippen LogP contribution in [0.3, 0.4) is 0 Å². The molecule has 1 N–H and O–H groups in total. The second-order valence-corrected chi connectivity index (χ2v) is 6.21. The van der Waals surface area contributed by atoms with Crippen LogP contribution in [0, 0.1) is 18.7 Å². The molecule has 2 rings (SSSR count). The zero-order chi connectivity index (χ0) is 14.4. The van der Waals surface area contributed by atoms with Gasteiger partial charge < -0.3 is 5.32 Å². The second-order valence-electron chi connectivity index (χ2n) is 6.21. The third kappa shape index (κ3) is 4.05. The van der Waals surface area contributed by atoms with Gasteiger partial charge in [0.05, 0.1) is 0 Å². The van der Waals surface area contributed by atoms with Gasteiger partial charge in [-0.2, -0.15) is 0 Å². The molecule has 2 heteroatoms. The largest absolute Gasteiger partial charge is 0.310 e. The Morgan fingerprint density at radius 1 is 1.20 bits per heavy atom. The second kappa shape index (κ2) is 7.78. The summed E-state index contributed by atoms with van der Waals surface area (Å²) >= 11 is 0. The molecule has 1 fully saturated rings. The third-order valence-electron chi connectivity index (χ3n) is 4.47. The monoisotopic (exact) mass is 277 g/mol. The normalized spacial score (nSPS) is 18.8. The van der Waals surface area contributed by atoms with Gasteiger partial charge in [-0.25, -0.2) is 4.39 Å². The Bertz CT molecular complexity index is 408. The summed E-state index contributed by atoms with van der Waals surface area (Å²) in [7, 11) is 0. The van der Waals surface area contributed by atoms with E-state index in [2.05, 4.69) is 12.2 Å². The molecule has 1 aromatic carbocycles. The minimum absolute atomic E-state index is 0.0477. The summed E-state index contributed by atoms with van der Waals surface area (Å²) in [5.74, 6) is 0.536. The maximum absolute atomic E-state index is 14.3. The van der Waals surface area contributed by atoms with Crippen LogP contribution in [0.2, 0.25) is 0 Å². The van der Waals surface area contributed by atoms with E-state index < -0.39 is 0 Å². The number of rotatable bonds is 5. The summed E-state index contributed by atoms with van der Waals surface area (Å²) in [6, 6.07) is 5.71. The van der Waals surface area contributed by atoms with Gasteiger partial charge in [-0.3, -0.25) is 0 Å². The van der Waals surface area contributed by atoms with Crippen molar-refractivity contribution in [2.45, 2.75) is 64.8 Å². The Kier molecular flexibility index (Phi) is 6.03. The van der Waals surface area contributed by atoms with Crippen LogP contribution in [-0.2, 0) is 0 Å². The first-order chi connectivity index (χ1) is 9.72. The highest BCUT2D eigenvalue weighted by atomic mass is 19.1. The highest BCUT2D eigenvalue weighted by molar-refractivity contribution is 5.27. The quantitative estimate of drug-likeness (QED) is 0.734. The van der Waals surface area contributed by atoms with E-state index in [-0.39, 0.29) is 11.9 Å². The molecule has 20 heavy (non-hydrogen) atoms. The fourth-order valence-corrected chi connectivity index (χ4v) is 3.38. The van der Waals surface area contributed by atoms with Gasteiger partial charge in [0, 0.05) is 11.6 Å². The molecule has 0 aliphatic heterocycles. The van der Waals surface area contributed by atoms with Gasteiger partial charge in [-0.15, -0.1) is 0 Å². The Morgan fingerprint density at radius 3 is 2.55 bits per heavy atom. The van der Waals surface area contributed by atoms with E-state index in [0.29, 0.717) is 5.92 Å². The fraction of sp³-hybridized carbons (Fsp3) is 0.667. The summed E-state index contributed by atoms with van der Waals surface area (Å²) in [6.07, 6.45) is 8.82. The minimum Gasteiger partial charge on any atom is -0.310 e. The molecule has 0 aromatic heterocycles. The van der Waals surface area contributed by atoms with Gasteiger partial charge in [0.2, 0.25) is 0 Å². The lowest BCUT2D eigenvalue weighted by Gasteiger charge is -2.28. The summed E-state index contributed by atoms with van der Waals surface area (Å²) in [6.45, 7) is 5.19. The van der Waals surface area contributed by atoms with Gasteiger partial charge in [0.15, 0.2) is 0 Å². The van der Waals surface area contributed by atoms with E-state index in [1.54, 1.807) is 6.07 Å². The Balaban J connectivity index is 2.22. The van der Waals surface area contributed by atoms with E-state index in [1.165, 1.54) is 38.5 Å². The molecule has 112 valence electrons. The van der Waals surface area contributed by atoms with Crippen molar-refractivity contribution in [2.24, 2.45) is 5.92 Å². The van der Waals surface area contributed by atoms with Crippen molar-refractivity contribution in [2.75, 3.05) is 6.54 Å². The molecule has 0 heterocycles. The van der Waals surface area contributed by atoms with Crippen LogP contribution in [0.5, 0.6) is 0 Å². The smallest absolute Gasteiger partial charge is 0.128 e. The SMILES string of the molecule is CCCNC(c1cc(C)ccc1F)C1CCCCCC1. The highest BCUT2D eigenvalue weighted by Crippen LogP contribution is 2.34. The number of hydrogen-bond donors (Lipinski definition) is 1. The van der Waals surface area contributed by atoms with Crippen LogP contribution in [0.1, 0.15) is 69.0 Å². The predicted molar refractivity (Wildman–Crippen MR) is 83.4 cm³/mol. The Labute approximate surface area is 123 Å². The first-order valence-electron chi connectivity index (χ1n) is 8.21. The molecule has 1 unspecified atom stereocenters. The van der Waals surface area contributed by atoms with E-state index in [9.17, 15) is 4.39 Å². The molecule has 1 aliphatic carbocycles. The average molecular weight is 277 g/mol. The Hall–Kier alpha value is -0.890. The third-order valence-corrected chi connectivity index (χ3v) is 4.47. The van der Waals surface area contributed by atoms with Gasteiger partial charge in [-0.05, 0) is 44.7 Å². The van der Waals surface area contributed by atoms with Crippen molar-refractivity contribution >= 4 is 0 Å². The summed E-state index contributed by atoms with van der Waals surface area (Å²) in [5, 5.41) is 3.61. The lowest BCUT2D eigenvalue weighted by atomic mass is 9.86. The van der Waals surface area contributed by atoms with Gasteiger partial charge in [0.25, 0.3) is 0 Å². The topological polar surface area (TPSA) is 12.0 Å². The zero-order valence-electron chi connectivity index (χ0n) is 12.9. The molecule has 1 saturated carbocycles. The summed E-state index contributed by atoms with van der Waals surface area (Å²) in [5.41, 5.74) is 2.03. The van der Waals surface area contributed by atoms with E-state index in [0.717, 1.165) is 24.1 Å². The van der Waals surface area contributed by atoms with Crippen LogP contribution in [0.25, 0.3) is 0 Å². The molecular formula is C18H28FN. The fourth-order valence-electron chi connectivity index (χ4n) is 3.38. The summed E-state index contributed by atoms with van der Waals surface area (Å²) in [4.78, 5) is 0. The molecule has 1 nitrogen and oxygen atoms in total. The van der Waals surface area contributed by atoms with Crippen molar-refractivity contribution in [3.8, 4) is 0 Å². The van der Waals surface area contributed by atoms with Crippen LogP contribution in [-0.4, -0.2) is 6.54 Å². The van der Waals surface area contributed by atoms with E-state index in [4.69, 9.17) is 0 Å². The van der Waals surface area contributed by atoms with Crippen LogP contribution >= 0.6 is 0 Å². The Morgan fingerprint density at radius 2 is 1.90 bits per heavy atom. The summed E-state index contributed by atoms with van der Waals surface area (Å²) < 4.78 is 14.3. The van der Waals surface area contributed by atoms with Crippen molar-refractivity contribution in [1.29, 1.82) is 0 Å². The molecule has 1 aromatic rings. The lowest BCUT2D eigenvalue weighted by Crippen LogP contribution is -2.29. The molecule has 0 amide bonds. The number of aryl methyl sites for hydroxylation is 1. The molecule has 0 radical (unpaired) electrons. The maximum Gasteiger partial charge on any atom is 0.128 e. The molecular weight excluding hydrogens is 249 g/mol. The standard InChI is InChI=1S/C18H28FN/c1-3-12-20-18(15-8-6-4-5-7-9-15)16-13-14(2)10-11-17(16)19/h10-11,13,15,18,20H,3-9,12H2,1-2H3. The van der Waals surface area contributed by atoms with Crippen molar-refractivity contribution < 1.29 is 4.39 Å². The molecule has 0 spiro atoms. The van der Waals surface area contributed by atoms with E-state index >= 15 is 0 Å². The highest BCUT2D eigenvalue weighted by Gasteiger charge is 2.25. The zero-order valence-corrected chi connectivity index (χ0v) is 12.9. The molecule has 1 atom stereocenters. The van der Waals surface area contributed by atoms with Crippen molar-refractivity contribution in [3.05, 3.63) is 35.1 Å². The number of halogens is 1. The minimum atomic E-state index is -0.0477. The number of nitrogens with one attached hydrogen (secondary N) is 1. The first-order valence-corrected chi connectivity index (χ1v) is 8.21.